The molecule has 0 aliphatic carbocycles. The molecule has 2 atom stereocenters. The summed E-state index contributed by atoms with van der Waals surface area (Å²) >= 11 is 0. The van der Waals surface area contributed by atoms with Gasteiger partial charge in [0.1, 0.15) is 0 Å². The van der Waals surface area contributed by atoms with Crippen LogP contribution in [0.25, 0.3) is 0 Å². The van der Waals surface area contributed by atoms with E-state index >= 15 is 0 Å². The fraction of sp³-hybridized carbons (Fsp3) is 0.304. The third-order valence-electron chi connectivity index (χ3n) is 5.14. The van der Waals surface area contributed by atoms with Gasteiger partial charge in [-0.15, -0.1) is 0 Å². The maximum atomic E-state index is 12.5. The Morgan fingerprint density at radius 1 is 1.13 bits per heavy atom. The summed E-state index contributed by atoms with van der Waals surface area (Å²) in [5.74, 6) is -2.38. The normalized spacial score (nSPS) is 16.6. The lowest BCUT2D eigenvalue weighted by molar-refractivity contribution is -0.157. The molecule has 0 bridgehead atoms. The summed E-state index contributed by atoms with van der Waals surface area (Å²) in [6, 6.07) is 13.9. The number of hydrogen-bond acceptors (Lipinski definition) is 5. The minimum absolute atomic E-state index is 0.0631. The van der Waals surface area contributed by atoms with Crippen molar-refractivity contribution >= 4 is 29.4 Å². The number of benzene rings is 2. The van der Waals surface area contributed by atoms with Crippen molar-refractivity contribution in [3.63, 3.8) is 0 Å². The number of hydrogen-bond donors (Lipinski definition) is 2. The van der Waals surface area contributed by atoms with E-state index < -0.39 is 29.8 Å². The molecule has 2 aromatic rings. The number of nitrogens with one attached hydrogen (secondary N) is 1. The molecule has 1 aliphatic heterocycles. The number of ether oxygens (including phenoxy) is 1. The van der Waals surface area contributed by atoms with Gasteiger partial charge in [-0.25, -0.2) is 0 Å². The van der Waals surface area contributed by atoms with Crippen molar-refractivity contribution in [3.8, 4) is 0 Å². The number of nitrogens with zero attached hydrogens (tertiary/aromatic N) is 1. The largest absolute Gasteiger partial charge is 0.452 e. The van der Waals surface area contributed by atoms with Gasteiger partial charge in [0.15, 0.2) is 6.10 Å². The van der Waals surface area contributed by atoms with Gasteiger partial charge in [-0.3, -0.25) is 19.2 Å². The number of anilines is 1. The van der Waals surface area contributed by atoms with E-state index in [1.54, 1.807) is 4.90 Å². The van der Waals surface area contributed by atoms with Crippen molar-refractivity contribution in [2.24, 2.45) is 11.7 Å². The van der Waals surface area contributed by atoms with E-state index in [1.807, 2.05) is 31.2 Å². The molecule has 0 unspecified atom stereocenters. The standard InChI is InChI=1S/C23H25N3O5/c1-14-3-5-16(6-4-14)12-26-13-18(11-20(26)27)23(30)31-15(2)22(29)25-19-9-7-17(8-10-19)21(24)28/h3-10,15,18H,11-13H2,1-2H3,(H2,24,28)(H,25,29)/t15-,18+/m1/s1. The molecule has 8 heteroatoms. The van der Waals surface area contributed by atoms with Crippen molar-refractivity contribution in [2.75, 3.05) is 11.9 Å². The number of amides is 3. The highest BCUT2D eigenvalue weighted by molar-refractivity contribution is 5.97. The van der Waals surface area contributed by atoms with Crippen LogP contribution in [0.15, 0.2) is 48.5 Å². The zero-order valence-corrected chi connectivity index (χ0v) is 17.5. The first-order valence-electron chi connectivity index (χ1n) is 9.97. The van der Waals surface area contributed by atoms with Gasteiger partial charge in [0.25, 0.3) is 5.91 Å². The highest BCUT2D eigenvalue weighted by Gasteiger charge is 2.36. The maximum Gasteiger partial charge on any atom is 0.312 e. The van der Waals surface area contributed by atoms with Crippen molar-refractivity contribution in [2.45, 2.75) is 32.9 Å². The fourth-order valence-electron chi connectivity index (χ4n) is 3.28. The first-order chi connectivity index (χ1) is 14.7. The van der Waals surface area contributed by atoms with Gasteiger partial charge in [0, 0.05) is 30.8 Å². The Labute approximate surface area is 180 Å². The fourth-order valence-corrected chi connectivity index (χ4v) is 3.28. The van der Waals surface area contributed by atoms with E-state index in [0.717, 1.165) is 11.1 Å². The molecule has 2 aromatic carbocycles. The average molecular weight is 423 g/mol. The van der Waals surface area contributed by atoms with Gasteiger partial charge in [-0.05, 0) is 43.7 Å². The molecule has 0 aromatic heterocycles. The quantitative estimate of drug-likeness (QED) is 0.661. The summed E-state index contributed by atoms with van der Waals surface area (Å²) < 4.78 is 5.29. The number of likely N-dealkylation sites (tertiary alicyclic amines) is 1. The highest BCUT2D eigenvalue weighted by Crippen LogP contribution is 2.22. The van der Waals surface area contributed by atoms with Crippen LogP contribution in [0, 0.1) is 12.8 Å². The lowest BCUT2D eigenvalue weighted by Crippen LogP contribution is -2.33. The number of rotatable bonds is 7. The summed E-state index contributed by atoms with van der Waals surface area (Å²) in [7, 11) is 0. The van der Waals surface area contributed by atoms with Crippen LogP contribution < -0.4 is 11.1 Å². The van der Waals surface area contributed by atoms with Crippen LogP contribution >= 0.6 is 0 Å². The number of aryl methyl sites for hydroxylation is 1. The Balaban J connectivity index is 1.51. The van der Waals surface area contributed by atoms with Crippen LogP contribution in [0.3, 0.4) is 0 Å². The molecule has 0 spiro atoms. The molecule has 1 saturated heterocycles. The van der Waals surface area contributed by atoms with Gasteiger partial charge >= 0.3 is 5.97 Å². The predicted molar refractivity (Wildman–Crippen MR) is 114 cm³/mol. The monoisotopic (exact) mass is 423 g/mol. The molecule has 162 valence electrons. The molecule has 1 heterocycles. The minimum atomic E-state index is -1.04. The van der Waals surface area contributed by atoms with Crippen molar-refractivity contribution < 1.29 is 23.9 Å². The zero-order chi connectivity index (χ0) is 22.5. The number of esters is 1. The van der Waals surface area contributed by atoms with Gasteiger partial charge in [0.2, 0.25) is 11.8 Å². The van der Waals surface area contributed by atoms with Crippen molar-refractivity contribution in [3.05, 3.63) is 65.2 Å². The number of carbonyl (C=O) groups excluding carboxylic acids is 4. The Hall–Kier alpha value is -3.68. The lowest BCUT2D eigenvalue weighted by Gasteiger charge is -2.18. The molecule has 8 nitrogen and oxygen atoms in total. The van der Waals surface area contributed by atoms with Gasteiger partial charge in [0.05, 0.1) is 5.92 Å². The average Bonchev–Trinajstić information content (AvgIpc) is 3.10. The summed E-state index contributed by atoms with van der Waals surface area (Å²) in [6.07, 6.45) is -0.974. The SMILES string of the molecule is Cc1ccc(CN2C[C@@H](C(=O)O[C@H](C)C(=O)Nc3ccc(C(N)=O)cc3)CC2=O)cc1. The summed E-state index contributed by atoms with van der Waals surface area (Å²) in [6.45, 7) is 4.14. The second kappa shape index (κ2) is 9.42. The molecular weight excluding hydrogens is 398 g/mol. The maximum absolute atomic E-state index is 12.5. The van der Waals surface area contributed by atoms with E-state index in [2.05, 4.69) is 5.32 Å². The predicted octanol–water partition coefficient (Wildman–Crippen LogP) is 2.01. The number of nitrogens with two attached hydrogens (primary N) is 1. The Bertz CT molecular complexity index is 985. The van der Waals surface area contributed by atoms with Gasteiger partial charge in [-0.1, -0.05) is 29.8 Å². The number of primary amides is 1. The molecule has 0 saturated carbocycles. The first kappa shape index (κ1) is 22.0. The molecule has 3 rings (SSSR count). The molecule has 0 radical (unpaired) electrons. The molecular formula is C23H25N3O5. The van der Waals surface area contributed by atoms with E-state index in [4.69, 9.17) is 10.5 Å². The van der Waals surface area contributed by atoms with E-state index in [1.165, 1.54) is 31.2 Å². The van der Waals surface area contributed by atoms with Crippen LogP contribution in [0.5, 0.6) is 0 Å². The molecule has 3 N–H and O–H groups in total. The molecule has 1 fully saturated rings. The molecule has 1 aliphatic rings. The van der Waals surface area contributed by atoms with Crippen LogP contribution in [-0.4, -0.2) is 41.2 Å². The summed E-state index contributed by atoms with van der Waals surface area (Å²) in [4.78, 5) is 49.8. The topological polar surface area (TPSA) is 119 Å². The Morgan fingerprint density at radius 2 is 1.77 bits per heavy atom. The minimum Gasteiger partial charge on any atom is -0.452 e. The van der Waals surface area contributed by atoms with Crippen LogP contribution in [0.2, 0.25) is 0 Å². The van der Waals surface area contributed by atoms with Gasteiger partial charge < -0.3 is 20.7 Å². The summed E-state index contributed by atoms with van der Waals surface area (Å²) in [5.41, 5.74) is 8.07. The zero-order valence-electron chi connectivity index (χ0n) is 17.5. The Kier molecular flexibility index (Phi) is 6.69. The van der Waals surface area contributed by atoms with Crippen LogP contribution in [0.1, 0.15) is 34.8 Å². The second-order valence-corrected chi connectivity index (χ2v) is 7.67. The van der Waals surface area contributed by atoms with E-state index in [0.29, 0.717) is 17.8 Å². The number of carbonyl (C=O) groups is 4. The first-order valence-corrected chi connectivity index (χ1v) is 9.97. The van der Waals surface area contributed by atoms with Crippen molar-refractivity contribution in [1.82, 2.24) is 4.90 Å². The van der Waals surface area contributed by atoms with E-state index in [-0.39, 0.29) is 18.9 Å². The lowest BCUT2D eigenvalue weighted by atomic mass is 10.1. The molecule has 31 heavy (non-hydrogen) atoms. The van der Waals surface area contributed by atoms with Crippen LogP contribution in [0.4, 0.5) is 5.69 Å². The third-order valence-corrected chi connectivity index (χ3v) is 5.14. The second-order valence-electron chi connectivity index (χ2n) is 7.67. The van der Waals surface area contributed by atoms with Crippen molar-refractivity contribution in [1.29, 1.82) is 0 Å². The summed E-state index contributed by atoms with van der Waals surface area (Å²) in [5, 5.41) is 2.61. The molecule has 3 amide bonds. The third kappa shape index (κ3) is 5.69. The smallest absolute Gasteiger partial charge is 0.312 e. The highest BCUT2D eigenvalue weighted by atomic mass is 16.5. The van der Waals surface area contributed by atoms with Gasteiger partial charge in [-0.2, -0.15) is 0 Å². The Morgan fingerprint density at radius 3 is 2.39 bits per heavy atom. The van der Waals surface area contributed by atoms with Crippen LogP contribution in [-0.2, 0) is 25.7 Å². The van der Waals surface area contributed by atoms with E-state index in [9.17, 15) is 19.2 Å².